The summed E-state index contributed by atoms with van der Waals surface area (Å²) < 4.78 is 49.8. The molecule has 0 atom stereocenters. The highest BCUT2D eigenvalue weighted by atomic mass is 19.4. The van der Waals surface area contributed by atoms with E-state index in [-0.39, 0.29) is 30.8 Å². The zero-order valence-electron chi connectivity index (χ0n) is 19.1. The van der Waals surface area contributed by atoms with E-state index < -0.39 is 12.1 Å². The molecule has 4 nitrogen and oxygen atoms in total. The molecule has 0 amide bonds. The standard InChI is InChI=1S/C26H32F3NO3/c1-2-32-25(31)19-11-13-30(14-12-19)17-18-3-4-21-16-24(8-5-20(21)15-18)33-23-9-6-22(7-10-23)26(27,28)29/h3-5,8,15-16,19,22-23H,2,6-7,9-14,17H2,1H3. The van der Waals surface area contributed by atoms with Crippen molar-refractivity contribution in [3.8, 4) is 5.75 Å². The normalized spacial score (nSPS) is 22.9. The van der Waals surface area contributed by atoms with E-state index in [2.05, 4.69) is 23.1 Å². The van der Waals surface area contributed by atoms with E-state index >= 15 is 0 Å². The van der Waals surface area contributed by atoms with Gasteiger partial charge >= 0.3 is 12.1 Å². The van der Waals surface area contributed by atoms with Gasteiger partial charge in [0.15, 0.2) is 0 Å². The predicted molar refractivity (Wildman–Crippen MR) is 121 cm³/mol. The Morgan fingerprint density at radius 2 is 1.64 bits per heavy atom. The fourth-order valence-corrected chi connectivity index (χ4v) is 4.99. The Kier molecular flexibility index (Phi) is 7.47. The molecule has 0 unspecified atom stereocenters. The lowest BCUT2D eigenvalue weighted by atomic mass is 9.87. The molecule has 1 aliphatic heterocycles. The number of piperidine rings is 1. The number of likely N-dealkylation sites (tertiary alicyclic amines) is 1. The average Bonchev–Trinajstić information content (AvgIpc) is 2.79. The van der Waals surface area contributed by atoms with E-state index in [9.17, 15) is 18.0 Å². The fraction of sp³-hybridized carbons (Fsp3) is 0.577. The Labute approximate surface area is 193 Å². The zero-order chi connectivity index (χ0) is 23.4. The van der Waals surface area contributed by atoms with Crippen molar-refractivity contribution in [2.75, 3.05) is 19.7 Å². The fourth-order valence-electron chi connectivity index (χ4n) is 4.99. The Morgan fingerprint density at radius 3 is 2.30 bits per heavy atom. The first-order chi connectivity index (χ1) is 15.8. The van der Waals surface area contributed by atoms with Crippen LogP contribution in [0.25, 0.3) is 10.8 Å². The second kappa shape index (κ2) is 10.3. The first kappa shape index (κ1) is 23.9. The van der Waals surface area contributed by atoms with Crippen LogP contribution in [-0.2, 0) is 16.1 Å². The largest absolute Gasteiger partial charge is 0.490 e. The second-order valence-electron chi connectivity index (χ2n) is 9.28. The number of carbonyl (C=O) groups is 1. The monoisotopic (exact) mass is 463 g/mol. The van der Waals surface area contributed by atoms with Gasteiger partial charge in [-0.15, -0.1) is 0 Å². The van der Waals surface area contributed by atoms with Gasteiger partial charge in [0.25, 0.3) is 0 Å². The molecule has 1 saturated heterocycles. The third-order valence-corrected chi connectivity index (χ3v) is 6.93. The van der Waals surface area contributed by atoms with Crippen LogP contribution >= 0.6 is 0 Å². The molecule has 2 aliphatic rings. The Morgan fingerprint density at radius 1 is 0.970 bits per heavy atom. The minimum absolute atomic E-state index is 0.0136. The number of esters is 1. The van der Waals surface area contributed by atoms with Crippen molar-refractivity contribution >= 4 is 16.7 Å². The molecule has 1 heterocycles. The van der Waals surface area contributed by atoms with Crippen LogP contribution in [0, 0.1) is 11.8 Å². The molecule has 180 valence electrons. The number of alkyl halides is 3. The maximum atomic E-state index is 12.9. The highest BCUT2D eigenvalue weighted by Gasteiger charge is 2.41. The van der Waals surface area contributed by atoms with Gasteiger partial charge in [0.1, 0.15) is 5.75 Å². The molecular formula is C26H32F3NO3. The maximum absolute atomic E-state index is 12.9. The topological polar surface area (TPSA) is 38.8 Å². The molecule has 33 heavy (non-hydrogen) atoms. The molecule has 2 aromatic rings. The smallest absolute Gasteiger partial charge is 0.391 e. The summed E-state index contributed by atoms with van der Waals surface area (Å²) in [6, 6.07) is 12.3. The van der Waals surface area contributed by atoms with Crippen LogP contribution in [0.1, 0.15) is 51.0 Å². The van der Waals surface area contributed by atoms with Gasteiger partial charge in [-0.3, -0.25) is 9.69 Å². The number of hydrogen-bond acceptors (Lipinski definition) is 4. The SMILES string of the molecule is CCOC(=O)C1CCN(Cc2ccc3cc(OC4CCC(C(F)(F)F)CC4)ccc3c2)CC1. The van der Waals surface area contributed by atoms with Gasteiger partial charge in [0.2, 0.25) is 0 Å². The second-order valence-corrected chi connectivity index (χ2v) is 9.28. The number of halogens is 3. The van der Waals surface area contributed by atoms with E-state index in [0.717, 1.165) is 43.2 Å². The van der Waals surface area contributed by atoms with Gasteiger partial charge in [-0.1, -0.05) is 18.2 Å². The summed E-state index contributed by atoms with van der Waals surface area (Å²) in [6.45, 7) is 4.87. The summed E-state index contributed by atoms with van der Waals surface area (Å²) in [5, 5.41) is 2.17. The van der Waals surface area contributed by atoms with Gasteiger partial charge in [-0.2, -0.15) is 13.2 Å². The van der Waals surface area contributed by atoms with Crippen LogP contribution in [0.5, 0.6) is 5.75 Å². The van der Waals surface area contributed by atoms with Crippen molar-refractivity contribution in [2.24, 2.45) is 11.8 Å². The van der Waals surface area contributed by atoms with Gasteiger partial charge in [0, 0.05) is 6.54 Å². The lowest BCUT2D eigenvalue weighted by Gasteiger charge is -2.31. The number of nitrogens with zero attached hydrogens (tertiary/aromatic N) is 1. The zero-order valence-corrected chi connectivity index (χ0v) is 19.1. The summed E-state index contributed by atoms with van der Waals surface area (Å²) in [5.41, 5.74) is 1.22. The van der Waals surface area contributed by atoms with Crippen molar-refractivity contribution in [3.05, 3.63) is 42.0 Å². The van der Waals surface area contributed by atoms with Crippen molar-refractivity contribution in [2.45, 2.75) is 64.3 Å². The molecular weight excluding hydrogens is 431 g/mol. The molecule has 0 bridgehead atoms. The molecule has 1 saturated carbocycles. The summed E-state index contributed by atoms with van der Waals surface area (Å²) in [4.78, 5) is 14.3. The van der Waals surface area contributed by atoms with Gasteiger partial charge in [0.05, 0.1) is 24.5 Å². The predicted octanol–water partition coefficient (Wildman–Crippen LogP) is 6.11. The minimum Gasteiger partial charge on any atom is -0.490 e. The lowest BCUT2D eigenvalue weighted by molar-refractivity contribution is -0.185. The van der Waals surface area contributed by atoms with Crippen LogP contribution in [0.2, 0.25) is 0 Å². The Bertz CT molecular complexity index is 945. The van der Waals surface area contributed by atoms with Crippen molar-refractivity contribution in [1.29, 1.82) is 0 Å². The van der Waals surface area contributed by atoms with E-state index in [0.29, 0.717) is 25.2 Å². The number of fused-ring (bicyclic) bond motifs is 1. The molecule has 4 rings (SSSR count). The summed E-state index contributed by atoms with van der Waals surface area (Å²) in [6.07, 6.45) is -1.43. The first-order valence-corrected chi connectivity index (χ1v) is 12.0. The van der Waals surface area contributed by atoms with E-state index in [1.165, 1.54) is 5.56 Å². The summed E-state index contributed by atoms with van der Waals surface area (Å²) in [5.74, 6) is -0.538. The quantitative estimate of drug-likeness (QED) is 0.484. The average molecular weight is 464 g/mol. The number of ether oxygens (including phenoxy) is 2. The van der Waals surface area contributed by atoms with Crippen LogP contribution in [-0.4, -0.2) is 42.8 Å². The van der Waals surface area contributed by atoms with Crippen molar-refractivity contribution < 1.29 is 27.4 Å². The van der Waals surface area contributed by atoms with E-state index in [1.807, 2.05) is 25.1 Å². The van der Waals surface area contributed by atoms with Gasteiger partial charge < -0.3 is 9.47 Å². The third kappa shape index (κ3) is 6.19. The van der Waals surface area contributed by atoms with E-state index in [4.69, 9.17) is 9.47 Å². The first-order valence-electron chi connectivity index (χ1n) is 12.0. The highest BCUT2D eigenvalue weighted by molar-refractivity contribution is 5.84. The molecule has 0 spiro atoms. The van der Waals surface area contributed by atoms with Crippen LogP contribution in [0.3, 0.4) is 0 Å². The molecule has 0 radical (unpaired) electrons. The van der Waals surface area contributed by atoms with Crippen LogP contribution in [0.4, 0.5) is 13.2 Å². The van der Waals surface area contributed by atoms with Crippen LogP contribution < -0.4 is 4.74 Å². The molecule has 7 heteroatoms. The van der Waals surface area contributed by atoms with Gasteiger partial charge in [-0.25, -0.2) is 0 Å². The molecule has 0 aromatic heterocycles. The Balaban J connectivity index is 1.31. The third-order valence-electron chi connectivity index (χ3n) is 6.93. The van der Waals surface area contributed by atoms with Crippen LogP contribution in [0.15, 0.2) is 36.4 Å². The molecule has 0 N–H and O–H groups in total. The molecule has 2 aromatic carbocycles. The Hall–Kier alpha value is -2.28. The summed E-state index contributed by atoms with van der Waals surface area (Å²) in [7, 11) is 0. The minimum atomic E-state index is -4.09. The van der Waals surface area contributed by atoms with E-state index in [1.54, 1.807) is 0 Å². The van der Waals surface area contributed by atoms with Gasteiger partial charge in [-0.05, 0) is 93.1 Å². The summed E-state index contributed by atoms with van der Waals surface area (Å²) >= 11 is 0. The lowest BCUT2D eigenvalue weighted by Crippen LogP contribution is -2.36. The number of carbonyl (C=O) groups excluding carboxylic acids is 1. The van der Waals surface area contributed by atoms with Crippen molar-refractivity contribution in [1.82, 2.24) is 4.90 Å². The highest BCUT2D eigenvalue weighted by Crippen LogP contribution is 2.38. The maximum Gasteiger partial charge on any atom is 0.391 e. The van der Waals surface area contributed by atoms with Crippen molar-refractivity contribution in [3.63, 3.8) is 0 Å². The molecule has 1 aliphatic carbocycles. The number of benzene rings is 2. The number of hydrogen-bond donors (Lipinski definition) is 0. The number of rotatable bonds is 6. The molecule has 2 fully saturated rings.